The van der Waals surface area contributed by atoms with E-state index in [0.717, 1.165) is 18.2 Å². The number of phenols is 2. The van der Waals surface area contributed by atoms with Gasteiger partial charge in [0, 0.05) is 12.6 Å². The summed E-state index contributed by atoms with van der Waals surface area (Å²) < 4.78 is 36.9. The van der Waals surface area contributed by atoms with E-state index in [0.29, 0.717) is 4.90 Å². The molecule has 0 saturated carbocycles. The molecule has 0 aliphatic rings. The molecule has 0 aliphatic heterocycles. The Kier molecular flexibility index (Phi) is 4.60. The molecule has 0 spiro atoms. The number of alkyl halides is 3. The van der Waals surface area contributed by atoms with Crippen LogP contribution in [0.5, 0.6) is 11.5 Å². The zero-order valence-corrected chi connectivity index (χ0v) is 9.68. The number of phenolic OH excluding ortho intramolecular Hbond substituents is 2. The molecule has 0 heterocycles. The van der Waals surface area contributed by atoms with E-state index in [1.807, 2.05) is 0 Å². The highest BCUT2D eigenvalue weighted by atomic mass is 19.4. The van der Waals surface area contributed by atoms with Gasteiger partial charge in [-0.25, -0.2) is 0 Å². The predicted octanol–water partition coefficient (Wildman–Crippen LogP) is 1.09. The zero-order chi connectivity index (χ0) is 14.6. The summed E-state index contributed by atoms with van der Waals surface area (Å²) in [5.41, 5.74) is -0.379. The first-order chi connectivity index (χ1) is 8.74. The molecule has 106 valence electrons. The maximum absolute atomic E-state index is 12.3. The monoisotopic (exact) mass is 279 g/mol. The van der Waals surface area contributed by atoms with Crippen molar-refractivity contribution in [1.29, 1.82) is 0 Å². The summed E-state index contributed by atoms with van der Waals surface area (Å²) in [4.78, 5) is 12.2. The van der Waals surface area contributed by atoms with Crippen molar-refractivity contribution in [2.24, 2.45) is 0 Å². The molecular formula is C11H12F3NO4. The van der Waals surface area contributed by atoms with Crippen LogP contribution < -0.4 is 0 Å². The second-order valence-electron chi connectivity index (χ2n) is 3.77. The molecule has 1 rings (SSSR count). The summed E-state index contributed by atoms with van der Waals surface area (Å²) in [6.45, 7) is -2.69. The van der Waals surface area contributed by atoms with Crippen molar-refractivity contribution in [3.63, 3.8) is 0 Å². The average Bonchev–Trinajstić information content (AvgIpc) is 2.26. The summed E-state index contributed by atoms with van der Waals surface area (Å²) in [7, 11) is 0. The maximum Gasteiger partial charge on any atom is 0.406 e. The smallest absolute Gasteiger partial charge is 0.406 e. The molecule has 5 nitrogen and oxygen atoms in total. The van der Waals surface area contributed by atoms with E-state index in [-0.39, 0.29) is 11.3 Å². The van der Waals surface area contributed by atoms with Crippen LogP contribution in [0.15, 0.2) is 18.2 Å². The van der Waals surface area contributed by atoms with Crippen molar-refractivity contribution >= 4 is 5.91 Å². The van der Waals surface area contributed by atoms with Crippen LogP contribution >= 0.6 is 0 Å². The Morgan fingerprint density at radius 2 is 1.89 bits per heavy atom. The van der Waals surface area contributed by atoms with E-state index in [2.05, 4.69) is 0 Å². The number of carbonyl (C=O) groups is 1. The Labute approximate surface area is 106 Å². The highest BCUT2D eigenvalue weighted by molar-refractivity contribution is 5.97. The molecule has 1 aromatic rings. The first-order valence-corrected chi connectivity index (χ1v) is 5.23. The Bertz CT molecular complexity index is 462. The van der Waals surface area contributed by atoms with Crippen LogP contribution in [0.2, 0.25) is 0 Å². The molecule has 1 amide bonds. The van der Waals surface area contributed by atoms with Crippen molar-refractivity contribution in [3.05, 3.63) is 23.8 Å². The van der Waals surface area contributed by atoms with Crippen molar-refractivity contribution in [2.75, 3.05) is 19.7 Å². The van der Waals surface area contributed by atoms with Gasteiger partial charge in [0.2, 0.25) is 0 Å². The lowest BCUT2D eigenvalue weighted by Gasteiger charge is -2.23. The van der Waals surface area contributed by atoms with Crippen molar-refractivity contribution in [1.82, 2.24) is 4.90 Å². The number of halogens is 3. The molecule has 3 N–H and O–H groups in total. The predicted molar refractivity (Wildman–Crippen MR) is 58.8 cm³/mol. The number of aliphatic hydroxyl groups excluding tert-OH is 1. The van der Waals surface area contributed by atoms with Crippen LogP contribution in [0.1, 0.15) is 10.4 Å². The van der Waals surface area contributed by atoms with Crippen LogP contribution in [0.3, 0.4) is 0 Å². The van der Waals surface area contributed by atoms with Gasteiger partial charge >= 0.3 is 6.18 Å². The topological polar surface area (TPSA) is 81.0 Å². The SMILES string of the molecule is O=C(c1ccc(O)cc1O)N(CCO)CC(F)(F)F. The molecule has 8 heteroatoms. The van der Waals surface area contributed by atoms with Gasteiger partial charge in [0.25, 0.3) is 5.91 Å². The van der Waals surface area contributed by atoms with E-state index in [1.54, 1.807) is 0 Å². The quantitative estimate of drug-likeness (QED) is 0.770. The number of carbonyl (C=O) groups excluding carboxylic acids is 1. The zero-order valence-electron chi connectivity index (χ0n) is 9.68. The normalized spacial score (nSPS) is 11.4. The number of amides is 1. The van der Waals surface area contributed by atoms with E-state index < -0.39 is 37.5 Å². The summed E-state index contributed by atoms with van der Waals surface area (Å²) in [5.74, 6) is -2.03. The molecule has 0 radical (unpaired) electrons. The average molecular weight is 279 g/mol. The lowest BCUT2D eigenvalue weighted by molar-refractivity contribution is -0.141. The first kappa shape index (κ1) is 15.1. The fourth-order valence-electron chi connectivity index (χ4n) is 1.46. The third-order valence-electron chi connectivity index (χ3n) is 2.24. The molecule has 0 saturated heterocycles. The van der Waals surface area contributed by atoms with Crippen LogP contribution in [0.25, 0.3) is 0 Å². The fourth-order valence-corrected chi connectivity index (χ4v) is 1.46. The summed E-state index contributed by atoms with van der Waals surface area (Å²) in [5, 5.41) is 27.1. The van der Waals surface area contributed by atoms with Gasteiger partial charge in [0.1, 0.15) is 18.0 Å². The van der Waals surface area contributed by atoms with Crippen molar-refractivity contribution < 1.29 is 33.3 Å². The van der Waals surface area contributed by atoms with Gasteiger partial charge in [-0.1, -0.05) is 0 Å². The lowest BCUT2D eigenvalue weighted by atomic mass is 10.1. The number of hydrogen-bond donors (Lipinski definition) is 3. The van der Waals surface area contributed by atoms with E-state index >= 15 is 0 Å². The highest BCUT2D eigenvalue weighted by Crippen LogP contribution is 2.25. The summed E-state index contributed by atoms with van der Waals surface area (Å²) in [6, 6.07) is 2.92. The third-order valence-corrected chi connectivity index (χ3v) is 2.24. The van der Waals surface area contributed by atoms with E-state index in [9.17, 15) is 23.1 Å². The van der Waals surface area contributed by atoms with Gasteiger partial charge in [0.05, 0.1) is 12.2 Å². The Hall–Kier alpha value is -1.96. The molecule has 0 bridgehead atoms. The van der Waals surface area contributed by atoms with Crippen molar-refractivity contribution in [3.8, 4) is 11.5 Å². The van der Waals surface area contributed by atoms with Crippen LogP contribution in [0.4, 0.5) is 13.2 Å². The minimum Gasteiger partial charge on any atom is -0.508 e. The molecule has 19 heavy (non-hydrogen) atoms. The van der Waals surface area contributed by atoms with E-state index in [1.165, 1.54) is 0 Å². The summed E-state index contributed by atoms with van der Waals surface area (Å²) >= 11 is 0. The minimum atomic E-state index is -4.61. The van der Waals surface area contributed by atoms with Gasteiger partial charge in [-0.15, -0.1) is 0 Å². The van der Waals surface area contributed by atoms with Crippen molar-refractivity contribution in [2.45, 2.75) is 6.18 Å². The summed E-state index contributed by atoms with van der Waals surface area (Å²) in [6.07, 6.45) is -4.61. The van der Waals surface area contributed by atoms with Gasteiger partial charge in [-0.2, -0.15) is 13.2 Å². The second-order valence-corrected chi connectivity index (χ2v) is 3.77. The van der Waals surface area contributed by atoms with Crippen LogP contribution in [-0.4, -0.2) is 52.0 Å². The number of aliphatic hydroxyl groups is 1. The molecule has 0 fully saturated rings. The molecule has 0 unspecified atom stereocenters. The molecular weight excluding hydrogens is 267 g/mol. The number of nitrogens with zero attached hydrogens (tertiary/aromatic N) is 1. The Morgan fingerprint density at radius 1 is 1.26 bits per heavy atom. The van der Waals surface area contributed by atoms with Gasteiger partial charge < -0.3 is 20.2 Å². The minimum absolute atomic E-state index is 0.321. The third kappa shape index (κ3) is 4.32. The van der Waals surface area contributed by atoms with Crippen LogP contribution in [0, 0.1) is 0 Å². The molecule has 1 aromatic carbocycles. The fraction of sp³-hybridized carbons (Fsp3) is 0.364. The number of hydrogen-bond acceptors (Lipinski definition) is 4. The molecule has 0 aromatic heterocycles. The highest BCUT2D eigenvalue weighted by Gasteiger charge is 2.33. The van der Waals surface area contributed by atoms with Gasteiger partial charge in [0.15, 0.2) is 0 Å². The largest absolute Gasteiger partial charge is 0.508 e. The lowest BCUT2D eigenvalue weighted by Crippen LogP contribution is -2.40. The van der Waals surface area contributed by atoms with Crippen LogP contribution in [-0.2, 0) is 0 Å². The maximum atomic E-state index is 12.3. The van der Waals surface area contributed by atoms with Gasteiger partial charge in [-0.3, -0.25) is 4.79 Å². The standard InChI is InChI=1S/C11H12F3NO4/c12-11(13,14)6-15(3-4-16)10(19)8-2-1-7(17)5-9(8)18/h1-2,5,16-18H,3-4,6H2. The second kappa shape index (κ2) is 5.79. The molecule has 0 atom stereocenters. The number of rotatable bonds is 4. The Balaban J connectivity index is 2.99. The molecule has 0 aliphatic carbocycles. The number of benzene rings is 1. The van der Waals surface area contributed by atoms with Gasteiger partial charge in [-0.05, 0) is 12.1 Å². The van der Waals surface area contributed by atoms with E-state index in [4.69, 9.17) is 10.2 Å². The first-order valence-electron chi connectivity index (χ1n) is 5.23. The number of aromatic hydroxyl groups is 2. The Morgan fingerprint density at radius 3 is 2.37 bits per heavy atom.